The molecule has 0 aliphatic rings. The number of methoxy groups -OCH3 is 1. The predicted molar refractivity (Wildman–Crippen MR) is 84.8 cm³/mol. The van der Waals surface area contributed by atoms with E-state index < -0.39 is 18.6 Å². The number of carbonyl (C=O) groups is 1. The van der Waals surface area contributed by atoms with Gasteiger partial charge in [-0.25, -0.2) is 0 Å². The molecule has 1 aromatic rings. The van der Waals surface area contributed by atoms with Crippen molar-refractivity contribution in [3.8, 4) is 0 Å². The van der Waals surface area contributed by atoms with E-state index in [4.69, 9.17) is 4.74 Å². The van der Waals surface area contributed by atoms with Crippen molar-refractivity contribution >= 4 is 13.0 Å². The van der Waals surface area contributed by atoms with Crippen molar-refractivity contribution in [3.63, 3.8) is 0 Å². The number of rotatable bonds is 7. The molecule has 0 fully saturated rings. The smallest absolute Gasteiger partial charge is 0.374 e. The van der Waals surface area contributed by atoms with E-state index in [-0.39, 0.29) is 12.0 Å². The third kappa shape index (κ3) is 5.15. The molecular weight excluding hydrogens is 267 g/mol. The van der Waals surface area contributed by atoms with Gasteiger partial charge in [-0.05, 0) is 33.2 Å². The third-order valence-corrected chi connectivity index (χ3v) is 3.46. The van der Waals surface area contributed by atoms with E-state index in [1.54, 1.807) is 6.82 Å². The van der Waals surface area contributed by atoms with Gasteiger partial charge in [0.15, 0.2) is 0 Å². The van der Waals surface area contributed by atoms with E-state index in [1.165, 1.54) is 7.11 Å². The van der Waals surface area contributed by atoms with E-state index in [1.807, 2.05) is 51.1 Å². The lowest BCUT2D eigenvalue weighted by Gasteiger charge is -2.36. The lowest BCUT2D eigenvalue weighted by molar-refractivity contribution is -0.145. The zero-order valence-corrected chi connectivity index (χ0v) is 13.4. The molecule has 2 atom stereocenters. The summed E-state index contributed by atoms with van der Waals surface area (Å²) in [5, 5.41) is 15.8. The largest absolute Gasteiger partial charge is 0.468 e. The van der Waals surface area contributed by atoms with Gasteiger partial charge in [-0.1, -0.05) is 30.3 Å². The van der Waals surface area contributed by atoms with E-state index in [0.717, 1.165) is 5.56 Å². The summed E-state index contributed by atoms with van der Waals surface area (Å²) in [6.45, 7) is 7.32. The first-order valence-corrected chi connectivity index (χ1v) is 7.12. The second-order valence-corrected chi connectivity index (χ2v) is 5.80. The molecule has 0 aromatic heterocycles. The molecule has 0 saturated heterocycles. The second kappa shape index (κ2) is 7.59. The Bertz CT molecular complexity index is 451. The lowest BCUT2D eigenvalue weighted by Crippen LogP contribution is -2.63. The first-order chi connectivity index (χ1) is 9.77. The molecule has 116 valence electrons. The van der Waals surface area contributed by atoms with Crippen LogP contribution in [0.4, 0.5) is 0 Å². The van der Waals surface area contributed by atoms with Crippen molar-refractivity contribution in [2.75, 3.05) is 7.11 Å². The van der Waals surface area contributed by atoms with Crippen LogP contribution in [0, 0.1) is 0 Å². The van der Waals surface area contributed by atoms with Gasteiger partial charge in [0.25, 0.3) is 0 Å². The highest BCUT2D eigenvalue weighted by Crippen LogP contribution is 2.18. The minimum atomic E-state index is -0.721. The Morgan fingerprint density at radius 1 is 1.33 bits per heavy atom. The van der Waals surface area contributed by atoms with Crippen LogP contribution >= 0.6 is 0 Å². The summed E-state index contributed by atoms with van der Waals surface area (Å²) >= 11 is 0. The number of ether oxygens (including phenoxy) is 1. The molecule has 0 saturated carbocycles. The lowest BCUT2D eigenvalue weighted by atomic mass is 9.80. The molecular formula is C15H25BN2O3. The molecule has 0 amide bonds. The Balaban J connectivity index is 2.91. The molecule has 0 spiro atoms. The van der Waals surface area contributed by atoms with E-state index in [9.17, 15) is 9.82 Å². The van der Waals surface area contributed by atoms with Crippen molar-refractivity contribution < 1.29 is 14.6 Å². The molecule has 0 unspecified atom stereocenters. The summed E-state index contributed by atoms with van der Waals surface area (Å²) in [6.07, 6.45) is 0. The maximum atomic E-state index is 12.1. The van der Waals surface area contributed by atoms with Crippen LogP contribution in [0.2, 0.25) is 6.82 Å². The Labute approximate surface area is 127 Å². The van der Waals surface area contributed by atoms with Gasteiger partial charge in [0.2, 0.25) is 0 Å². The Morgan fingerprint density at radius 2 is 1.90 bits per heavy atom. The van der Waals surface area contributed by atoms with Gasteiger partial charge in [0.05, 0.1) is 7.11 Å². The maximum absolute atomic E-state index is 12.1. The fourth-order valence-corrected chi connectivity index (χ4v) is 2.40. The third-order valence-electron chi connectivity index (χ3n) is 3.46. The molecule has 3 N–H and O–H groups in total. The van der Waals surface area contributed by atoms with E-state index in [0.29, 0.717) is 0 Å². The first-order valence-electron chi connectivity index (χ1n) is 7.12. The van der Waals surface area contributed by atoms with E-state index in [2.05, 4.69) is 10.5 Å². The molecule has 1 aromatic carbocycles. The molecule has 0 bridgehead atoms. The van der Waals surface area contributed by atoms with Gasteiger partial charge < -0.3 is 15.0 Å². The standard InChI is InChI=1S/C15H25BN2O3/c1-11(12-9-7-6-8-10-12)17-13(14(19)21-5)15(2,3)18-16(4)20/h6-11,13,17-18,20H,1-5H3/t11-,13+/m0/s1. The van der Waals surface area contributed by atoms with Gasteiger partial charge in [-0.2, -0.15) is 0 Å². The van der Waals surface area contributed by atoms with Gasteiger partial charge >= 0.3 is 13.0 Å². The van der Waals surface area contributed by atoms with Crippen molar-refractivity contribution in [1.82, 2.24) is 10.5 Å². The number of carbonyl (C=O) groups excluding carboxylic acids is 1. The average Bonchev–Trinajstić information content (AvgIpc) is 2.43. The van der Waals surface area contributed by atoms with Crippen LogP contribution in [0.3, 0.4) is 0 Å². The fourth-order valence-electron chi connectivity index (χ4n) is 2.40. The Morgan fingerprint density at radius 3 is 2.38 bits per heavy atom. The van der Waals surface area contributed by atoms with Gasteiger partial charge in [0, 0.05) is 11.6 Å². The van der Waals surface area contributed by atoms with Crippen LogP contribution in [0.5, 0.6) is 0 Å². The van der Waals surface area contributed by atoms with Crippen molar-refractivity contribution in [2.45, 2.75) is 45.2 Å². The molecule has 0 aliphatic carbocycles. The summed E-state index contributed by atoms with van der Waals surface area (Å²) in [5.74, 6) is -0.365. The average molecular weight is 292 g/mol. The van der Waals surface area contributed by atoms with Crippen molar-refractivity contribution in [3.05, 3.63) is 35.9 Å². The van der Waals surface area contributed by atoms with Crippen molar-refractivity contribution in [2.24, 2.45) is 0 Å². The van der Waals surface area contributed by atoms with Crippen LogP contribution in [-0.4, -0.2) is 36.7 Å². The van der Waals surface area contributed by atoms with Crippen molar-refractivity contribution in [1.29, 1.82) is 0 Å². The normalized spacial score (nSPS) is 14.4. The summed E-state index contributed by atoms with van der Waals surface area (Å²) in [6, 6.07) is 9.26. The number of benzene rings is 1. The molecule has 21 heavy (non-hydrogen) atoms. The molecule has 6 heteroatoms. The maximum Gasteiger partial charge on any atom is 0.374 e. The summed E-state index contributed by atoms with van der Waals surface area (Å²) in [7, 11) is 0.642. The molecule has 0 aliphatic heterocycles. The SMILES string of the molecule is COC(=O)[C@@H](N[C@@H](C)c1ccccc1)C(C)(C)NB(C)O. The number of nitrogens with one attached hydrogen (secondary N) is 2. The second-order valence-electron chi connectivity index (χ2n) is 5.80. The zero-order chi connectivity index (χ0) is 16.0. The van der Waals surface area contributed by atoms with Crippen LogP contribution in [0.25, 0.3) is 0 Å². The summed E-state index contributed by atoms with van der Waals surface area (Å²) in [4.78, 5) is 12.1. The number of esters is 1. The predicted octanol–water partition coefficient (Wildman–Crippen LogP) is 1.36. The van der Waals surface area contributed by atoms with Gasteiger partial charge in [0.1, 0.15) is 6.04 Å². The minimum Gasteiger partial charge on any atom is -0.468 e. The van der Waals surface area contributed by atoms with Gasteiger partial charge in [-0.15, -0.1) is 0 Å². The molecule has 0 heterocycles. The summed E-state index contributed by atoms with van der Waals surface area (Å²) in [5.41, 5.74) is 0.420. The Kier molecular flexibility index (Phi) is 6.39. The van der Waals surface area contributed by atoms with Crippen LogP contribution in [0.15, 0.2) is 30.3 Å². The monoisotopic (exact) mass is 292 g/mol. The molecule has 0 radical (unpaired) electrons. The fraction of sp³-hybridized carbons (Fsp3) is 0.533. The van der Waals surface area contributed by atoms with E-state index >= 15 is 0 Å². The van der Waals surface area contributed by atoms with Gasteiger partial charge in [-0.3, -0.25) is 10.1 Å². The first kappa shape index (κ1) is 17.7. The zero-order valence-electron chi connectivity index (χ0n) is 13.4. The van der Waals surface area contributed by atoms with Crippen LogP contribution < -0.4 is 10.5 Å². The number of hydrogen-bond acceptors (Lipinski definition) is 5. The quantitative estimate of drug-likeness (QED) is 0.523. The topological polar surface area (TPSA) is 70.6 Å². The Hall–Kier alpha value is -1.37. The highest BCUT2D eigenvalue weighted by Gasteiger charge is 2.38. The molecule has 5 nitrogen and oxygen atoms in total. The minimum absolute atomic E-state index is 0.0228. The highest BCUT2D eigenvalue weighted by molar-refractivity contribution is 6.45. The van der Waals surface area contributed by atoms with Crippen LogP contribution in [-0.2, 0) is 9.53 Å². The summed E-state index contributed by atoms with van der Waals surface area (Å²) < 4.78 is 4.89. The highest BCUT2D eigenvalue weighted by atomic mass is 16.5. The van der Waals surface area contributed by atoms with Crippen LogP contribution in [0.1, 0.15) is 32.4 Å². The number of hydrogen-bond donors (Lipinski definition) is 3. The molecule has 1 rings (SSSR count).